The van der Waals surface area contributed by atoms with Gasteiger partial charge in [-0.05, 0) is 17.5 Å². The minimum Gasteiger partial charge on any atom is -0.466 e. The number of hydrogen-bond acceptors (Lipinski definition) is 5. The summed E-state index contributed by atoms with van der Waals surface area (Å²) >= 11 is 0. The van der Waals surface area contributed by atoms with Crippen molar-refractivity contribution in [2.45, 2.75) is 72.1 Å². The summed E-state index contributed by atoms with van der Waals surface area (Å²) in [6.07, 6.45) is 7.93. The maximum Gasteiger partial charge on any atom is 0.302 e. The van der Waals surface area contributed by atoms with Crippen LogP contribution in [0, 0.1) is 0 Å². The number of benzene rings is 2. The van der Waals surface area contributed by atoms with Gasteiger partial charge in [0.05, 0.1) is 13.2 Å². The second-order valence-electron chi connectivity index (χ2n) is 7.95. The molecule has 2 aromatic carbocycles. The molecule has 0 N–H and O–H groups in total. The van der Waals surface area contributed by atoms with Crippen molar-refractivity contribution < 1.29 is 23.9 Å². The zero-order valence-corrected chi connectivity index (χ0v) is 20.3. The number of ketones is 1. The molecule has 0 saturated carbocycles. The van der Waals surface area contributed by atoms with Crippen LogP contribution in [-0.4, -0.2) is 30.9 Å². The van der Waals surface area contributed by atoms with E-state index < -0.39 is 0 Å². The number of hydrogen-bond donors (Lipinski definition) is 0. The van der Waals surface area contributed by atoms with Crippen molar-refractivity contribution in [2.24, 2.45) is 0 Å². The van der Waals surface area contributed by atoms with Gasteiger partial charge < -0.3 is 9.47 Å². The Morgan fingerprint density at radius 3 is 1.70 bits per heavy atom. The van der Waals surface area contributed by atoms with Crippen molar-refractivity contribution in [3.63, 3.8) is 0 Å². The molecule has 0 aliphatic rings. The highest BCUT2D eigenvalue weighted by atomic mass is 16.5. The highest BCUT2D eigenvalue weighted by molar-refractivity contribution is 5.96. The van der Waals surface area contributed by atoms with Crippen molar-refractivity contribution in [3.8, 4) is 0 Å². The van der Waals surface area contributed by atoms with Crippen LogP contribution in [0.1, 0.15) is 80.8 Å². The van der Waals surface area contributed by atoms with Crippen LogP contribution in [-0.2, 0) is 31.9 Å². The predicted octanol–water partition coefficient (Wildman–Crippen LogP) is 6.13. The summed E-state index contributed by atoms with van der Waals surface area (Å²) < 4.78 is 9.71. The Morgan fingerprint density at radius 1 is 0.667 bits per heavy atom. The molecule has 0 atom stereocenters. The first kappa shape index (κ1) is 28.1. The Hall–Kier alpha value is -2.95. The molecule has 0 aliphatic heterocycles. The second-order valence-corrected chi connectivity index (χ2v) is 7.95. The average molecular weight is 455 g/mol. The van der Waals surface area contributed by atoms with Crippen LogP contribution >= 0.6 is 0 Å². The Morgan fingerprint density at radius 2 is 1.18 bits per heavy atom. The molecule has 0 heterocycles. The van der Waals surface area contributed by atoms with E-state index in [1.54, 1.807) is 0 Å². The highest BCUT2D eigenvalue weighted by Crippen LogP contribution is 2.12. The molecule has 5 nitrogen and oxygen atoms in total. The molecule has 0 spiro atoms. The summed E-state index contributed by atoms with van der Waals surface area (Å²) in [6, 6.07) is 17.6. The molecule has 33 heavy (non-hydrogen) atoms. The Balaban J connectivity index is 0.000000383. The predicted molar refractivity (Wildman–Crippen MR) is 131 cm³/mol. The lowest BCUT2D eigenvalue weighted by Crippen LogP contribution is -2.04. The molecule has 0 unspecified atom stereocenters. The van der Waals surface area contributed by atoms with Gasteiger partial charge in [0.1, 0.15) is 0 Å². The number of esters is 2. The van der Waals surface area contributed by atoms with E-state index in [0.717, 1.165) is 30.4 Å². The van der Waals surface area contributed by atoms with Crippen LogP contribution in [0.3, 0.4) is 0 Å². The van der Waals surface area contributed by atoms with Crippen molar-refractivity contribution in [1.29, 1.82) is 0 Å². The third-order valence-corrected chi connectivity index (χ3v) is 5.02. The van der Waals surface area contributed by atoms with Crippen LogP contribution in [0.5, 0.6) is 0 Å². The van der Waals surface area contributed by atoms with Gasteiger partial charge in [0.25, 0.3) is 0 Å². The minimum atomic E-state index is -0.259. The molecule has 0 aromatic heterocycles. The van der Waals surface area contributed by atoms with Crippen molar-refractivity contribution in [3.05, 3.63) is 71.3 Å². The first-order valence-electron chi connectivity index (χ1n) is 11.8. The average Bonchev–Trinajstić information content (AvgIpc) is 2.80. The highest BCUT2D eigenvalue weighted by Gasteiger charge is 2.05. The fraction of sp³-hybridized carbons (Fsp3) is 0.464. The lowest BCUT2D eigenvalue weighted by Gasteiger charge is -2.05. The molecule has 5 heteroatoms. The van der Waals surface area contributed by atoms with Crippen molar-refractivity contribution in [1.82, 2.24) is 0 Å². The van der Waals surface area contributed by atoms with Gasteiger partial charge in [-0.25, -0.2) is 0 Å². The maximum absolute atomic E-state index is 12.0. The van der Waals surface area contributed by atoms with E-state index in [2.05, 4.69) is 6.92 Å². The molecule has 0 fully saturated rings. The minimum absolute atomic E-state index is 0.217. The van der Waals surface area contributed by atoms with Gasteiger partial charge in [-0.15, -0.1) is 0 Å². The van der Waals surface area contributed by atoms with Crippen LogP contribution in [0.25, 0.3) is 0 Å². The zero-order valence-electron chi connectivity index (χ0n) is 20.3. The summed E-state index contributed by atoms with van der Waals surface area (Å²) in [4.78, 5) is 33.1. The van der Waals surface area contributed by atoms with Gasteiger partial charge in [-0.2, -0.15) is 0 Å². The monoisotopic (exact) mass is 454 g/mol. The summed E-state index contributed by atoms with van der Waals surface area (Å²) in [5.74, 6) is -0.256. The topological polar surface area (TPSA) is 69.7 Å². The van der Waals surface area contributed by atoms with E-state index in [9.17, 15) is 14.4 Å². The molecule has 0 radical (unpaired) electrons. The van der Waals surface area contributed by atoms with Crippen LogP contribution in [0.15, 0.2) is 54.6 Å². The fourth-order valence-corrected chi connectivity index (χ4v) is 3.16. The molecule has 2 aromatic rings. The smallest absolute Gasteiger partial charge is 0.302 e. The van der Waals surface area contributed by atoms with Crippen LogP contribution < -0.4 is 0 Å². The molecule has 0 aliphatic carbocycles. The van der Waals surface area contributed by atoms with Gasteiger partial charge in [0.15, 0.2) is 5.78 Å². The van der Waals surface area contributed by atoms with Crippen molar-refractivity contribution in [2.75, 3.05) is 13.2 Å². The number of carbonyl (C=O) groups is 3. The number of rotatable bonds is 13. The van der Waals surface area contributed by atoms with Crippen LogP contribution in [0.4, 0.5) is 0 Å². The maximum atomic E-state index is 12.0. The second kappa shape index (κ2) is 17.6. The number of ether oxygens (including phenoxy) is 2. The van der Waals surface area contributed by atoms with Gasteiger partial charge in [-0.1, -0.05) is 87.2 Å². The molecule has 180 valence electrons. The summed E-state index contributed by atoms with van der Waals surface area (Å²) in [7, 11) is 0. The van der Waals surface area contributed by atoms with E-state index in [4.69, 9.17) is 9.47 Å². The van der Waals surface area contributed by atoms with E-state index in [-0.39, 0.29) is 17.7 Å². The Kier molecular flexibility index (Phi) is 15.0. The van der Waals surface area contributed by atoms with Gasteiger partial charge in [0, 0.05) is 38.7 Å². The van der Waals surface area contributed by atoms with E-state index in [0.29, 0.717) is 26.1 Å². The van der Waals surface area contributed by atoms with Gasteiger partial charge in [-0.3, -0.25) is 14.4 Å². The third-order valence-electron chi connectivity index (χ3n) is 5.02. The molecule has 0 bridgehead atoms. The Bertz CT molecular complexity index is 812. The van der Waals surface area contributed by atoms with E-state index in [1.165, 1.54) is 38.7 Å². The summed E-state index contributed by atoms with van der Waals surface area (Å²) in [6.45, 7) is 5.88. The number of unbranched alkanes of at least 4 members (excludes halogenated alkanes) is 4. The fourth-order valence-electron chi connectivity index (χ4n) is 3.16. The summed E-state index contributed by atoms with van der Waals surface area (Å²) in [5.41, 5.74) is 3.05. The van der Waals surface area contributed by atoms with Gasteiger partial charge in [0.2, 0.25) is 0 Å². The largest absolute Gasteiger partial charge is 0.466 e. The normalized spacial score (nSPS) is 10.0. The molecule has 0 amide bonds. The molecule has 2 rings (SSSR count). The molecule has 0 saturated heterocycles. The quantitative estimate of drug-likeness (QED) is 0.207. The van der Waals surface area contributed by atoms with E-state index >= 15 is 0 Å². The van der Waals surface area contributed by atoms with E-state index in [1.807, 2.05) is 54.6 Å². The third kappa shape index (κ3) is 14.7. The lowest BCUT2D eigenvalue weighted by atomic mass is 10.0. The molecular formula is C28H38O5. The zero-order chi connectivity index (χ0) is 24.3. The van der Waals surface area contributed by atoms with Crippen LogP contribution in [0.2, 0.25) is 0 Å². The lowest BCUT2D eigenvalue weighted by molar-refractivity contribution is -0.141. The first-order valence-corrected chi connectivity index (χ1v) is 11.8. The number of Topliss-reactive ketones (excluding diaryl/α,β-unsaturated/α-hetero) is 1. The summed E-state index contributed by atoms with van der Waals surface area (Å²) in [5, 5.41) is 0. The standard InChI is InChI=1S/C18H26O3.C10H12O2/c1-3-4-5-6-7-8-18(20)17-11-9-16(10-12-17)13-14-21-15(2)19;1-9(11)12-8-7-10-5-3-2-4-6-10/h9-12H,3-8,13-14H2,1-2H3;2-6H,7-8H2,1H3. The van der Waals surface area contributed by atoms with Gasteiger partial charge >= 0.3 is 11.9 Å². The molecular weight excluding hydrogens is 416 g/mol. The SMILES string of the molecule is CC(=O)OCCc1ccccc1.CCCCCCCC(=O)c1ccc(CCOC(C)=O)cc1. The van der Waals surface area contributed by atoms with Crippen molar-refractivity contribution >= 4 is 17.7 Å². The Labute approximate surface area is 198 Å². The number of carbonyl (C=O) groups excluding carboxylic acids is 3. The first-order chi connectivity index (χ1) is 15.9.